The third-order valence-corrected chi connectivity index (χ3v) is 5.69. The summed E-state index contributed by atoms with van der Waals surface area (Å²) in [6, 6.07) is -0.164. The molecule has 1 aromatic rings. The summed E-state index contributed by atoms with van der Waals surface area (Å²) in [6.45, 7) is 6.65. The van der Waals surface area contributed by atoms with E-state index in [1.165, 1.54) is 43.4 Å². The second-order valence-corrected chi connectivity index (χ2v) is 7.44. The molecule has 2 aliphatic rings. The standard InChI is InChI=1S/C18H31N5O/c1-14(18(19)24)23-10-8-22(9-11-23)13-16-12-21(2)20-17(16)15-6-4-3-5-7-15/h12,14-15H,3-11,13H2,1-2H3,(H2,19,24). The van der Waals surface area contributed by atoms with Gasteiger partial charge in [0.05, 0.1) is 11.7 Å². The van der Waals surface area contributed by atoms with Gasteiger partial charge < -0.3 is 5.73 Å². The molecule has 2 heterocycles. The summed E-state index contributed by atoms with van der Waals surface area (Å²) in [5.41, 5.74) is 8.14. The SMILES string of the molecule is CC(C(N)=O)N1CCN(Cc2cn(C)nc2C2CCCCC2)CC1. The fourth-order valence-electron chi connectivity index (χ4n) is 4.13. The maximum atomic E-state index is 11.3. The Kier molecular flexibility index (Phi) is 5.56. The first kappa shape index (κ1) is 17.4. The Morgan fingerprint density at radius 2 is 1.92 bits per heavy atom. The molecule has 0 bridgehead atoms. The van der Waals surface area contributed by atoms with Crippen molar-refractivity contribution in [2.24, 2.45) is 12.8 Å². The van der Waals surface area contributed by atoms with Gasteiger partial charge in [-0.05, 0) is 19.8 Å². The number of hydrogen-bond acceptors (Lipinski definition) is 4. The molecule has 1 aromatic heterocycles. The number of carbonyl (C=O) groups is 1. The van der Waals surface area contributed by atoms with E-state index in [0.29, 0.717) is 5.92 Å². The molecule has 1 aliphatic carbocycles. The lowest BCUT2D eigenvalue weighted by molar-refractivity contribution is -0.123. The van der Waals surface area contributed by atoms with E-state index in [-0.39, 0.29) is 11.9 Å². The Balaban J connectivity index is 1.60. The van der Waals surface area contributed by atoms with Gasteiger partial charge in [-0.15, -0.1) is 0 Å². The van der Waals surface area contributed by atoms with Gasteiger partial charge in [0.25, 0.3) is 0 Å². The Morgan fingerprint density at radius 1 is 1.25 bits per heavy atom. The zero-order chi connectivity index (χ0) is 17.1. The van der Waals surface area contributed by atoms with Gasteiger partial charge >= 0.3 is 0 Å². The molecule has 6 heteroatoms. The summed E-state index contributed by atoms with van der Waals surface area (Å²) < 4.78 is 1.98. The highest BCUT2D eigenvalue weighted by Crippen LogP contribution is 2.33. The van der Waals surface area contributed by atoms with Crippen molar-refractivity contribution in [1.82, 2.24) is 19.6 Å². The third-order valence-electron chi connectivity index (χ3n) is 5.69. The highest BCUT2D eigenvalue weighted by atomic mass is 16.1. The van der Waals surface area contributed by atoms with E-state index < -0.39 is 0 Å². The van der Waals surface area contributed by atoms with Crippen LogP contribution in [0.4, 0.5) is 0 Å². The maximum absolute atomic E-state index is 11.3. The number of hydrogen-bond donors (Lipinski definition) is 1. The van der Waals surface area contributed by atoms with Crippen LogP contribution in [0.2, 0.25) is 0 Å². The van der Waals surface area contributed by atoms with Crippen molar-refractivity contribution >= 4 is 5.91 Å². The molecule has 134 valence electrons. The summed E-state index contributed by atoms with van der Waals surface area (Å²) in [7, 11) is 2.03. The first-order valence-electron chi connectivity index (χ1n) is 9.32. The Hall–Kier alpha value is -1.40. The predicted octanol–water partition coefficient (Wildman–Crippen LogP) is 1.46. The monoisotopic (exact) mass is 333 g/mol. The number of nitrogens with zero attached hydrogens (tertiary/aromatic N) is 4. The molecule has 1 saturated heterocycles. The van der Waals surface area contributed by atoms with Crippen molar-refractivity contribution in [1.29, 1.82) is 0 Å². The average molecular weight is 333 g/mol. The van der Waals surface area contributed by atoms with E-state index in [1.54, 1.807) is 0 Å². The molecule has 2 N–H and O–H groups in total. The minimum Gasteiger partial charge on any atom is -0.368 e. The van der Waals surface area contributed by atoms with E-state index in [2.05, 4.69) is 16.0 Å². The summed E-state index contributed by atoms with van der Waals surface area (Å²) in [5, 5.41) is 4.78. The predicted molar refractivity (Wildman–Crippen MR) is 94.5 cm³/mol. The first-order chi connectivity index (χ1) is 11.5. The Bertz CT molecular complexity index is 556. The van der Waals surface area contributed by atoms with Crippen LogP contribution in [0.15, 0.2) is 6.20 Å². The smallest absolute Gasteiger partial charge is 0.234 e. The van der Waals surface area contributed by atoms with E-state index in [4.69, 9.17) is 10.8 Å². The number of rotatable bonds is 5. The molecular formula is C18H31N5O. The van der Waals surface area contributed by atoms with Crippen molar-refractivity contribution in [3.63, 3.8) is 0 Å². The van der Waals surface area contributed by atoms with Gasteiger partial charge in [0.2, 0.25) is 5.91 Å². The fraction of sp³-hybridized carbons (Fsp3) is 0.778. The van der Waals surface area contributed by atoms with Gasteiger partial charge in [0.15, 0.2) is 0 Å². The number of aromatic nitrogens is 2. The third kappa shape index (κ3) is 3.98. The van der Waals surface area contributed by atoms with Crippen molar-refractivity contribution in [2.75, 3.05) is 26.2 Å². The van der Waals surface area contributed by atoms with Gasteiger partial charge in [-0.3, -0.25) is 19.3 Å². The molecule has 1 atom stereocenters. The van der Waals surface area contributed by atoms with Gasteiger partial charge in [-0.2, -0.15) is 5.10 Å². The van der Waals surface area contributed by atoms with Crippen molar-refractivity contribution < 1.29 is 4.79 Å². The quantitative estimate of drug-likeness (QED) is 0.886. The van der Waals surface area contributed by atoms with Crippen LogP contribution in [-0.4, -0.2) is 57.7 Å². The molecule has 0 radical (unpaired) electrons. The summed E-state index contributed by atoms with van der Waals surface area (Å²) in [4.78, 5) is 16.0. The summed E-state index contributed by atoms with van der Waals surface area (Å²) in [5.74, 6) is 0.418. The molecule has 1 aliphatic heterocycles. The van der Waals surface area contributed by atoms with Crippen LogP contribution in [-0.2, 0) is 18.4 Å². The zero-order valence-electron chi connectivity index (χ0n) is 15.1. The minimum absolute atomic E-state index is 0.164. The van der Waals surface area contributed by atoms with Crippen molar-refractivity contribution in [2.45, 2.75) is 57.5 Å². The van der Waals surface area contributed by atoms with Crippen LogP contribution >= 0.6 is 0 Å². The second kappa shape index (κ2) is 7.66. The number of aryl methyl sites for hydroxylation is 1. The molecule has 6 nitrogen and oxygen atoms in total. The normalized spacial score (nSPS) is 22.6. The number of amides is 1. The zero-order valence-corrected chi connectivity index (χ0v) is 15.1. The van der Waals surface area contributed by atoms with Gasteiger partial charge in [0.1, 0.15) is 0 Å². The van der Waals surface area contributed by atoms with Crippen molar-refractivity contribution in [3.05, 3.63) is 17.5 Å². The van der Waals surface area contributed by atoms with Crippen LogP contribution in [0.25, 0.3) is 0 Å². The molecule has 0 spiro atoms. The van der Waals surface area contributed by atoms with Crippen LogP contribution in [0.1, 0.15) is 56.2 Å². The summed E-state index contributed by atoms with van der Waals surface area (Å²) >= 11 is 0. The molecule has 1 amide bonds. The first-order valence-corrected chi connectivity index (χ1v) is 9.32. The molecule has 1 unspecified atom stereocenters. The Labute approximate surface area is 145 Å². The fourth-order valence-corrected chi connectivity index (χ4v) is 4.13. The minimum atomic E-state index is -0.227. The summed E-state index contributed by atoms with van der Waals surface area (Å²) in [6.07, 6.45) is 8.82. The number of carbonyl (C=O) groups excluding carboxylic acids is 1. The van der Waals surface area contributed by atoms with Gasteiger partial charge in [0, 0.05) is 57.4 Å². The van der Waals surface area contributed by atoms with Crippen molar-refractivity contribution in [3.8, 4) is 0 Å². The van der Waals surface area contributed by atoms with Crippen LogP contribution in [0.5, 0.6) is 0 Å². The lowest BCUT2D eigenvalue weighted by Gasteiger charge is -2.37. The van der Waals surface area contributed by atoms with E-state index in [9.17, 15) is 4.79 Å². The number of primary amides is 1. The van der Waals surface area contributed by atoms with E-state index in [1.807, 2.05) is 18.7 Å². The Morgan fingerprint density at radius 3 is 2.54 bits per heavy atom. The largest absolute Gasteiger partial charge is 0.368 e. The number of nitrogens with two attached hydrogens (primary N) is 1. The molecule has 24 heavy (non-hydrogen) atoms. The van der Waals surface area contributed by atoms with Gasteiger partial charge in [-0.25, -0.2) is 0 Å². The van der Waals surface area contributed by atoms with E-state index in [0.717, 1.165) is 32.7 Å². The topological polar surface area (TPSA) is 67.4 Å². The molecule has 3 rings (SSSR count). The molecular weight excluding hydrogens is 302 g/mol. The molecule has 0 aromatic carbocycles. The highest BCUT2D eigenvalue weighted by Gasteiger charge is 2.26. The highest BCUT2D eigenvalue weighted by molar-refractivity contribution is 5.79. The lowest BCUT2D eigenvalue weighted by atomic mass is 9.85. The maximum Gasteiger partial charge on any atom is 0.234 e. The van der Waals surface area contributed by atoms with Crippen LogP contribution in [0.3, 0.4) is 0 Å². The van der Waals surface area contributed by atoms with Crippen LogP contribution < -0.4 is 5.73 Å². The second-order valence-electron chi connectivity index (χ2n) is 7.44. The average Bonchev–Trinajstić information content (AvgIpc) is 2.96. The van der Waals surface area contributed by atoms with E-state index >= 15 is 0 Å². The van der Waals surface area contributed by atoms with Gasteiger partial charge in [-0.1, -0.05) is 19.3 Å². The molecule has 2 fully saturated rings. The van der Waals surface area contributed by atoms with Crippen LogP contribution in [0, 0.1) is 0 Å². The lowest BCUT2D eigenvalue weighted by Crippen LogP contribution is -2.52. The molecule has 1 saturated carbocycles. The number of piperazine rings is 1.